The fourth-order valence-electron chi connectivity index (χ4n) is 2.68. The SMILES string of the molecule is CC1CCCCC1CNc1cccnc1C(N)=S. The fraction of sp³-hybridized carbons (Fsp3) is 0.571. The molecule has 1 aromatic heterocycles. The fourth-order valence-corrected chi connectivity index (χ4v) is 2.84. The molecule has 3 N–H and O–H groups in total. The average molecular weight is 263 g/mol. The summed E-state index contributed by atoms with van der Waals surface area (Å²) in [5.41, 5.74) is 7.35. The minimum absolute atomic E-state index is 0.356. The third kappa shape index (κ3) is 3.19. The summed E-state index contributed by atoms with van der Waals surface area (Å²) >= 11 is 5.02. The van der Waals surface area contributed by atoms with Crippen LogP contribution in [0.15, 0.2) is 18.3 Å². The van der Waals surface area contributed by atoms with Crippen LogP contribution in [0.1, 0.15) is 38.3 Å². The number of pyridine rings is 1. The van der Waals surface area contributed by atoms with Gasteiger partial charge in [0.25, 0.3) is 0 Å². The Labute approximate surface area is 114 Å². The van der Waals surface area contributed by atoms with E-state index in [0.717, 1.165) is 24.1 Å². The van der Waals surface area contributed by atoms with E-state index in [-0.39, 0.29) is 0 Å². The average Bonchev–Trinajstić information content (AvgIpc) is 2.38. The molecule has 2 unspecified atom stereocenters. The van der Waals surface area contributed by atoms with Gasteiger partial charge in [-0.3, -0.25) is 4.98 Å². The summed E-state index contributed by atoms with van der Waals surface area (Å²) in [6.07, 6.45) is 7.12. The van der Waals surface area contributed by atoms with Crippen LogP contribution in [-0.2, 0) is 0 Å². The summed E-state index contributed by atoms with van der Waals surface area (Å²) < 4.78 is 0. The molecule has 0 radical (unpaired) electrons. The van der Waals surface area contributed by atoms with Crippen LogP contribution in [0, 0.1) is 11.8 Å². The molecule has 0 bridgehead atoms. The van der Waals surface area contributed by atoms with Crippen LogP contribution in [0.25, 0.3) is 0 Å². The van der Waals surface area contributed by atoms with Gasteiger partial charge in [-0.2, -0.15) is 0 Å². The van der Waals surface area contributed by atoms with Gasteiger partial charge in [0.15, 0.2) is 0 Å². The van der Waals surface area contributed by atoms with Crippen LogP contribution in [0.2, 0.25) is 0 Å². The molecular weight excluding hydrogens is 242 g/mol. The number of hydrogen-bond acceptors (Lipinski definition) is 3. The number of nitrogens with zero attached hydrogens (tertiary/aromatic N) is 1. The largest absolute Gasteiger partial charge is 0.388 e. The van der Waals surface area contributed by atoms with E-state index >= 15 is 0 Å². The Hall–Kier alpha value is -1.16. The highest BCUT2D eigenvalue weighted by molar-refractivity contribution is 7.80. The standard InChI is InChI=1S/C14H21N3S/c1-10-5-2-3-6-11(10)9-17-12-7-4-8-16-13(12)14(15)18/h4,7-8,10-11,17H,2-3,5-6,9H2,1H3,(H2,15,18). The zero-order valence-corrected chi connectivity index (χ0v) is 11.7. The van der Waals surface area contributed by atoms with Crippen LogP contribution in [0.3, 0.4) is 0 Å². The number of rotatable bonds is 4. The molecule has 0 saturated heterocycles. The molecule has 3 nitrogen and oxygen atoms in total. The first kappa shape index (κ1) is 13.3. The summed E-state index contributed by atoms with van der Waals surface area (Å²) in [7, 11) is 0. The first-order valence-corrected chi connectivity index (χ1v) is 7.08. The maximum Gasteiger partial charge on any atom is 0.124 e. The Balaban J connectivity index is 1.99. The molecule has 0 aromatic carbocycles. The van der Waals surface area contributed by atoms with Gasteiger partial charge in [-0.1, -0.05) is 38.4 Å². The van der Waals surface area contributed by atoms with Crippen molar-refractivity contribution in [2.75, 3.05) is 11.9 Å². The van der Waals surface area contributed by atoms with Gasteiger partial charge in [0, 0.05) is 12.7 Å². The summed E-state index contributed by atoms with van der Waals surface area (Å²) in [4.78, 5) is 4.59. The van der Waals surface area contributed by atoms with Gasteiger partial charge >= 0.3 is 0 Å². The molecule has 1 aliphatic rings. The van der Waals surface area contributed by atoms with Crippen molar-refractivity contribution in [3.63, 3.8) is 0 Å². The van der Waals surface area contributed by atoms with E-state index in [9.17, 15) is 0 Å². The molecular formula is C14H21N3S. The van der Waals surface area contributed by atoms with Crippen LogP contribution < -0.4 is 11.1 Å². The van der Waals surface area contributed by atoms with Gasteiger partial charge in [-0.05, 0) is 30.4 Å². The van der Waals surface area contributed by atoms with Crippen molar-refractivity contribution >= 4 is 22.9 Å². The normalized spacial score (nSPS) is 23.6. The lowest BCUT2D eigenvalue weighted by atomic mass is 9.80. The number of aromatic nitrogens is 1. The highest BCUT2D eigenvalue weighted by Gasteiger charge is 2.21. The number of thiocarbonyl (C=S) groups is 1. The molecule has 0 amide bonds. The minimum atomic E-state index is 0.356. The van der Waals surface area contributed by atoms with Crippen molar-refractivity contribution in [1.29, 1.82) is 0 Å². The van der Waals surface area contributed by atoms with Crippen molar-refractivity contribution in [3.8, 4) is 0 Å². The molecule has 2 atom stereocenters. The van der Waals surface area contributed by atoms with Crippen molar-refractivity contribution < 1.29 is 0 Å². The lowest BCUT2D eigenvalue weighted by Crippen LogP contribution is -2.25. The van der Waals surface area contributed by atoms with Crippen LogP contribution in [0.4, 0.5) is 5.69 Å². The summed E-state index contributed by atoms with van der Waals surface area (Å²) in [5.74, 6) is 1.55. The van der Waals surface area contributed by atoms with Crippen LogP contribution in [-0.4, -0.2) is 16.5 Å². The predicted molar refractivity (Wildman–Crippen MR) is 79.7 cm³/mol. The van der Waals surface area contributed by atoms with Crippen molar-refractivity contribution in [1.82, 2.24) is 4.98 Å². The summed E-state index contributed by atoms with van der Waals surface area (Å²) in [5, 5.41) is 3.46. The highest BCUT2D eigenvalue weighted by Crippen LogP contribution is 2.29. The maximum absolute atomic E-state index is 5.68. The van der Waals surface area contributed by atoms with Gasteiger partial charge in [0.2, 0.25) is 0 Å². The van der Waals surface area contributed by atoms with Gasteiger partial charge in [0.05, 0.1) is 5.69 Å². The van der Waals surface area contributed by atoms with E-state index in [1.54, 1.807) is 6.20 Å². The molecule has 98 valence electrons. The first-order chi connectivity index (χ1) is 8.68. The Bertz CT molecular complexity index is 419. The molecule has 4 heteroatoms. The monoisotopic (exact) mass is 263 g/mol. The van der Waals surface area contributed by atoms with Crippen molar-refractivity contribution in [3.05, 3.63) is 24.0 Å². The second kappa shape index (κ2) is 6.14. The summed E-state index contributed by atoms with van der Waals surface area (Å²) in [6.45, 7) is 3.34. The van der Waals surface area contributed by atoms with E-state index in [1.165, 1.54) is 25.7 Å². The second-order valence-electron chi connectivity index (χ2n) is 5.17. The maximum atomic E-state index is 5.68. The Morgan fingerprint density at radius 1 is 1.50 bits per heavy atom. The van der Waals surface area contributed by atoms with Gasteiger partial charge in [0.1, 0.15) is 10.7 Å². The molecule has 1 saturated carbocycles. The highest BCUT2D eigenvalue weighted by atomic mass is 32.1. The molecule has 1 aromatic rings. The number of anilines is 1. The summed E-state index contributed by atoms with van der Waals surface area (Å²) in [6, 6.07) is 3.91. The Morgan fingerprint density at radius 2 is 2.28 bits per heavy atom. The van der Waals surface area contributed by atoms with Crippen LogP contribution in [0.5, 0.6) is 0 Å². The first-order valence-electron chi connectivity index (χ1n) is 6.67. The van der Waals surface area contributed by atoms with Gasteiger partial charge < -0.3 is 11.1 Å². The van der Waals surface area contributed by atoms with Crippen molar-refractivity contribution in [2.24, 2.45) is 17.6 Å². The van der Waals surface area contributed by atoms with E-state index in [2.05, 4.69) is 17.2 Å². The smallest absolute Gasteiger partial charge is 0.124 e. The molecule has 2 rings (SSSR count). The number of nitrogens with one attached hydrogen (secondary N) is 1. The topological polar surface area (TPSA) is 50.9 Å². The molecule has 1 fully saturated rings. The third-order valence-electron chi connectivity index (χ3n) is 3.88. The van der Waals surface area contributed by atoms with E-state index in [0.29, 0.717) is 10.7 Å². The zero-order chi connectivity index (χ0) is 13.0. The zero-order valence-electron chi connectivity index (χ0n) is 10.9. The molecule has 18 heavy (non-hydrogen) atoms. The quantitative estimate of drug-likeness (QED) is 0.820. The minimum Gasteiger partial charge on any atom is -0.388 e. The van der Waals surface area contributed by atoms with E-state index < -0.39 is 0 Å². The molecule has 0 aliphatic heterocycles. The van der Waals surface area contributed by atoms with E-state index in [4.69, 9.17) is 18.0 Å². The Kier molecular flexibility index (Phi) is 4.53. The number of hydrogen-bond donors (Lipinski definition) is 2. The number of nitrogens with two attached hydrogens (primary N) is 1. The predicted octanol–water partition coefficient (Wildman–Crippen LogP) is 2.95. The molecule has 1 aliphatic carbocycles. The van der Waals surface area contributed by atoms with Crippen LogP contribution >= 0.6 is 12.2 Å². The van der Waals surface area contributed by atoms with Gasteiger partial charge in [-0.25, -0.2) is 0 Å². The third-order valence-corrected chi connectivity index (χ3v) is 4.08. The van der Waals surface area contributed by atoms with E-state index in [1.807, 2.05) is 12.1 Å². The Morgan fingerprint density at radius 3 is 3.00 bits per heavy atom. The molecule has 1 heterocycles. The molecule has 0 spiro atoms. The lowest BCUT2D eigenvalue weighted by Gasteiger charge is -2.29. The van der Waals surface area contributed by atoms with Gasteiger partial charge in [-0.15, -0.1) is 0 Å². The second-order valence-corrected chi connectivity index (χ2v) is 5.61. The van der Waals surface area contributed by atoms with Crippen molar-refractivity contribution in [2.45, 2.75) is 32.6 Å². The lowest BCUT2D eigenvalue weighted by molar-refractivity contribution is 0.268.